The van der Waals surface area contributed by atoms with Crippen LogP contribution < -0.4 is 14.8 Å². The number of benzene rings is 3. The quantitative estimate of drug-likeness (QED) is 0.307. The second-order valence-electron chi connectivity index (χ2n) is 11.8. The van der Waals surface area contributed by atoms with E-state index >= 15 is 0 Å². The molecule has 218 valence electrons. The molecule has 3 aromatic carbocycles. The van der Waals surface area contributed by atoms with Gasteiger partial charge in [0.25, 0.3) is 0 Å². The number of nitrogens with zero attached hydrogens (tertiary/aromatic N) is 1. The van der Waals surface area contributed by atoms with Gasteiger partial charge in [0.05, 0.1) is 7.11 Å². The van der Waals surface area contributed by atoms with Gasteiger partial charge in [-0.05, 0) is 67.0 Å². The van der Waals surface area contributed by atoms with Crippen LogP contribution in [-0.2, 0) is 6.54 Å². The van der Waals surface area contributed by atoms with Crippen molar-refractivity contribution in [1.29, 1.82) is 0 Å². The Morgan fingerprint density at radius 2 is 1.54 bits per heavy atom. The Bertz CT molecular complexity index is 1250. The summed E-state index contributed by atoms with van der Waals surface area (Å²) in [5, 5.41) is 3.90. The molecule has 3 aromatic rings. The minimum atomic E-state index is -4.74. The zero-order valence-corrected chi connectivity index (χ0v) is 23.5. The molecule has 2 bridgehead atoms. The van der Waals surface area contributed by atoms with Crippen LogP contribution in [0.2, 0.25) is 0 Å². The van der Waals surface area contributed by atoms with Crippen LogP contribution in [0.3, 0.4) is 0 Å². The van der Waals surface area contributed by atoms with Gasteiger partial charge in [-0.15, -0.1) is 13.2 Å². The van der Waals surface area contributed by atoms with E-state index in [0.717, 1.165) is 13.0 Å². The Hall–Kier alpha value is -3.03. The molecule has 6 atom stereocenters. The average molecular weight is 565 g/mol. The van der Waals surface area contributed by atoms with Gasteiger partial charge in [0.2, 0.25) is 0 Å². The Balaban J connectivity index is 1.38. The lowest BCUT2D eigenvalue weighted by Gasteiger charge is -2.61. The number of fused-ring (bicyclic) bond motifs is 2. The third kappa shape index (κ3) is 5.98. The van der Waals surface area contributed by atoms with E-state index < -0.39 is 6.36 Å². The summed E-state index contributed by atoms with van der Waals surface area (Å²) in [4.78, 5) is 2.80. The van der Waals surface area contributed by atoms with Crippen LogP contribution in [0.25, 0.3) is 0 Å². The van der Waals surface area contributed by atoms with Crippen LogP contribution in [0.15, 0.2) is 78.9 Å². The molecule has 4 aliphatic rings. The van der Waals surface area contributed by atoms with Crippen LogP contribution in [0.5, 0.6) is 11.5 Å². The van der Waals surface area contributed by atoms with Crippen LogP contribution in [-0.4, -0.2) is 43.0 Å². The van der Waals surface area contributed by atoms with E-state index in [1.54, 1.807) is 13.2 Å². The normalized spacial score (nSPS) is 27.7. The molecule has 7 rings (SSSR count). The summed E-state index contributed by atoms with van der Waals surface area (Å²) < 4.78 is 48.9. The number of hydrogen-bond donors (Lipinski definition) is 1. The fraction of sp³-hybridized carbons (Fsp3) is 0.471. The van der Waals surface area contributed by atoms with Crippen LogP contribution >= 0.6 is 0 Å². The molecule has 0 radical (unpaired) electrons. The molecule has 4 nitrogen and oxygen atoms in total. The molecule has 41 heavy (non-hydrogen) atoms. The van der Waals surface area contributed by atoms with Crippen molar-refractivity contribution in [2.45, 2.75) is 75.5 Å². The van der Waals surface area contributed by atoms with E-state index in [-0.39, 0.29) is 23.8 Å². The summed E-state index contributed by atoms with van der Waals surface area (Å²) in [7, 11) is 1.55. The largest absolute Gasteiger partial charge is 0.573 e. The number of rotatable bonds is 8. The lowest BCUT2D eigenvalue weighted by Crippen LogP contribution is -2.70. The van der Waals surface area contributed by atoms with E-state index in [4.69, 9.17) is 4.74 Å². The van der Waals surface area contributed by atoms with Crippen molar-refractivity contribution < 1.29 is 22.6 Å². The van der Waals surface area contributed by atoms with Crippen LogP contribution in [0.4, 0.5) is 13.2 Å². The second kappa shape index (κ2) is 12.1. The number of nitrogens with one attached hydrogen (secondary N) is 1. The Labute approximate surface area is 240 Å². The fourth-order valence-electron chi connectivity index (χ4n) is 8.08. The molecule has 4 fully saturated rings. The van der Waals surface area contributed by atoms with Gasteiger partial charge >= 0.3 is 6.36 Å². The number of piperidine rings is 3. The van der Waals surface area contributed by atoms with Gasteiger partial charge in [0.1, 0.15) is 11.5 Å². The number of hydrogen-bond acceptors (Lipinski definition) is 4. The maximum Gasteiger partial charge on any atom is 0.573 e. The highest BCUT2D eigenvalue weighted by Gasteiger charge is 2.54. The Kier molecular flexibility index (Phi) is 8.27. The molecular formula is C34H39F3N2O2. The maximum atomic E-state index is 13.0. The number of halogens is 3. The topological polar surface area (TPSA) is 33.7 Å². The first-order valence-corrected chi connectivity index (χ1v) is 14.9. The fourth-order valence-corrected chi connectivity index (χ4v) is 8.08. The van der Waals surface area contributed by atoms with Gasteiger partial charge in [0, 0.05) is 36.2 Å². The zero-order valence-electron chi connectivity index (χ0n) is 23.5. The highest BCUT2D eigenvalue weighted by molar-refractivity contribution is 5.41. The summed E-state index contributed by atoms with van der Waals surface area (Å²) in [5.74, 6) is 1.64. The third-order valence-electron chi connectivity index (χ3n) is 9.61. The van der Waals surface area contributed by atoms with Gasteiger partial charge in [-0.3, -0.25) is 4.90 Å². The lowest BCUT2D eigenvalue weighted by molar-refractivity contribution is -0.274. The average Bonchev–Trinajstić information content (AvgIpc) is 3.25. The molecule has 3 saturated heterocycles. The first-order valence-electron chi connectivity index (χ1n) is 14.9. The molecule has 0 spiro atoms. The maximum absolute atomic E-state index is 13.0. The number of methoxy groups -OCH3 is 1. The molecule has 1 N–H and O–H groups in total. The molecule has 1 aliphatic carbocycles. The number of ether oxygens (including phenoxy) is 2. The molecule has 3 aliphatic heterocycles. The van der Waals surface area contributed by atoms with E-state index in [9.17, 15) is 13.2 Å². The minimum Gasteiger partial charge on any atom is -0.496 e. The van der Waals surface area contributed by atoms with Crippen molar-refractivity contribution >= 4 is 0 Å². The van der Waals surface area contributed by atoms with Crippen molar-refractivity contribution in [3.8, 4) is 11.5 Å². The standard InChI is InChI=1S/C34H39F3N2O2/c1-40-30-18-17-26(41-34(35,36)37)21-25(30)22-38-32-28-19-20-39(29-16-10-4-9-15-27(28)29)33(32)31(23-11-5-2-6-12-23)24-13-7-3-8-14-24/h2-3,5-8,11-14,17-18,21,27-29,31-33,38H,4,9-10,15-16,19-20,22H2,1H3. The first-order chi connectivity index (χ1) is 19.9. The highest BCUT2D eigenvalue weighted by atomic mass is 19.4. The van der Waals surface area contributed by atoms with E-state index in [2.05, 4.69) is 75.6 Å². The minimum absolute atomic E-state index is 0.170. The predicted octanol–water partition coefficient (Wildman–Crippen LogP) is 7.54. The van der Waals surface area contributed by atoms with Crippen LogP contribution in [0, 0.1) is 11.8 Å². The van der Waals surface area contributed by atoms with E-state index in [0.29, 0.717) is 35.7 Å². The van der Waals surface area contributed by atoms with Gasteiger partial charge < -0.3 is 14.8 Å². The van der Waals surface area contributed by atoms with Crippen molar-refractivity contribution in [3.05, 3.63) is 95.6 Å². The molecule has 0 amide bonds. The van der Waals surface area contributed by atoms with E-state index in [1.807, 2.05) is 0 Å². The second-order valence-corrected chi connectivity index (χ2v) is 11.8. The van der Waals surface area contributed by atoms with Gasteiger partial charge in [-0.1, -0.05) is 79.9 Å². The number of alkyl halides is 3. The van der Waals surface area contributed by atoms with Gasteiger partial charge in [0.15, 0.2) is 0 Å². The first kappa shape index (κ1) is 28.1. The van der Waals surface area contributed by atoms with Crippen molar-refractivity contribution in [2.75, 3.05) is 13.7 Å². The van der Waals surface area contributed by atoms with Crippen molar-refractivity contribution in [3.63, 3.8) is 0 Å². The summed E-state index contributed by atoms with van der Waals surface area (Å²) in [5.41, 5.74) is 3.26. The SMILES string of the molecule is COc1ccc(OC(F)(F)F)cc1CNC1C2CCN(C3CCCCCC23)C1C(c1ccccc1)c1ccccc1. The lowest BCUT2D eigenvalue weighted by atomic mass is 9.62. The Morgan fingerprint density at radius 3 is 2.20 bits per heavy atom. The summed E-state index contributed by atoms with van der Waals surface area (Å²) in [6, 6.07) is 26.9. The summed E-state index contributed by atoms with van der Waals surface area (Å²) >= 11 is 0. The molecule has 7 heteroatoms. The highest BCUT2D eigenvalue weighted by Crippen LogP contribution is 2.50. The summed E-state index contributed by atoms with van der Waals surface area (Å²) in [6.07, 6.45) is 2.73. The third-order valence-corrected chi connectivity index (χ3v) is 9.61. The molecular weight excluding hydrogens is 525 g/mol. The smallest absolute Gasteiger partial charge is 0.496 e. The van der Waals surface area contributed by atoms with E-state index in [1.165, 1.54) is 55.4 Å². The molecule has 0 aromatic heterocycles. The zero-order chi connectivity index (χ0) is 28.4. The Morgan fingerprint density at radius 1 is 0.854 bits per heavy atom. The summed E-state index contributed by atoms with van der Waals surface area (Å²) in [6.45, 7) is 1.49. The van der Waals surface area contributed by atoms with Crippen molar-refractivity contribution in [1.82, 2.24) is 10.2 Å². The van der Waals surface area contributed by atoms with Gasteiger partial charge in [-0.2, -0.15) is 0 Å². The molecule has 3 heterocycles. The van der Waals surface area contributed by atoms with Crippen molar-refractivity contribution in [2.24, 2.45) is 11.8 Å². The van der Waals surface area contributed by atoms with Crippen LogP contribution in [0.1, 0.15) is 61.1 Å². The molecule has 6 unspecified atom stereocenters. The molecule has 1 saturated carbocycles. The predicted molar refractivity (Wildman–Crippen MR) is 154 cm³/mol. The monoisotopic (exact) mass is 564 g/mol. The van der Waals surface area contributed by atoms with Gasteiger partial charge in [-0.25, -0.2) is 0 Å².